The number of amidine groups is 1. The quantitative estimate of drug-likeness (QED) is 0.732. The third-order valence-corrected chi connectivity index (χ3v) is 5.47. The Morgan fingerprint density at radius 3 is 2.31 bits per heavy atom. The zero-order chi connectivity index (χ0) is 18.4. The molecule has 3 rings (SSSR count). The molecule has 0 atom stereocenters. The summed E-state index contributed by atoms with van der Waals surface area (Å²) in [6, 6.07) is 12.9. The van der Waals surface area contributed by atoms with E-state index >= 15 is 0 Å². The fourth-order valence-corrected chi connectivity index (χ4v) is 3.69. The predicted octanol–water partition coefficient (Wildman–Crippen LogP) is 3.25. The van der Waals surface area contributed by atoms with Gasteiger partial charge in [0.05, 0.1) is 12.3 Å². The van der Waals surface area contributed by atoms with Crippen molar-refractivity contribution in [2.24, 2.45) is 4.99 Å². The molecular weight excluding hydrogens is 340 g/mol. The molecule has 5 heteroatoms. The van der Waals surface area contributed by atoms with Gasteiger partial charge in [-0.3, -0.25) is 4.99 Å². The van der Waals surface area contributed by atoms with Crippen LogP contribution in [0, 0.1) is 0 Å². The van der Waals surface area contributed by atoms with Crippen molar-refractivity contribution in [1.82, 2.24) is 4.90 Å². The van der Waals surface area contributed by atoms with E-state index in [2.05, 4.69) is 101 Å². The van der Waals surface area contributed by atoms with Crippen LogP contribution in [0.15, 0.2) is 53.8 Å². The summed E-state index contributed by atoms with van der Waals surface area (Å²) in [5.41, 5.74) is 3.64. The summed E-state index contributed by atoms with van der Waals surface area (Å²) in [4.78, 5) is 8.86. The number of hydrogen-bond donors (Lipinski definition) is 0. The summed E-state index contributed by atoms with van der Waals surface area (Å²) in [7, 11) is 6.23. The first kappa shape index (κ1) is 18.5. The maximum absolute atomic E-state index is 4.51. The third-order valence-electron chi connectivity index (χ3n) is 4.38. The zero-order valence-electron chi connectivity index (χ0n) is 15.8. The normalized spacial score (nSPS) is 14.1. The topological polar surface area (TPSA) is 22.7 Å². The number of thioether (sulfide) groups is 1. The smallest absolute Gasteiger partial charge is 0.169 e. The molecule has 1 aliphatic heterocycles. The molecule has 2 aromatic rings. The van der Waals surface area contributed by atoms with E-state index < -0.39 is 0 Å². The van der Waals surface area contributed by atoms with E-state index in [4.69, 9.17) is 0 Å². The molecule has 0 saturated heterocycles. The van der Waals surface area contributed by atoms with Gasteiger partial charge in [-0.05, 0) is 23.3 Å². The van der Waals surface area contributed by atoms with Crippen LogP contribution in [-0.4, -0.2) is 50.1 Å². The van der Waals surface area contributed by atoms with Crippen LogP contribution in [0.1, 0.15) is 11.1 Å². The molecule has 0 unspecified atom stereocenters. The lowest BCUT2D eigenvalue weighted by atomic mass is 10.1. The summed E-state index contributed by atoms with van der Waals surface area (Å²) < 4.78 is 2.23. The predicted molar refractivity (Wildman–Crippen MR) is 114 cm³/mol. The Hall–Kier alpha value is -2.27. The first-order chi connectivity index (χ1) is 12.6. The Kier molecular flexibility index (Phi) is 6.34. The number of hydrogen-bond acceptors (Lipinski definition) is 4. The molecule has 0 saturated carbocycles. The summed E-state index contributed by atoms with van der Waals surface area (Å²) >= 11 is 1.84. The molecule has 0 amide bonds. The fraction of sp³-hybridized carbons (Fsp3) is 0.333. The number of aryl methyl sites for hydroxylation is 1. The average molecular weight is 368 g/mol. The molecule has 1 aliphatic rings. The molecule has 4 nitrogen and oxygen atoms in total. The lowest BCUT2D eigenvalue weighted by Crippen LogP contribution is -2.34. The largest absolute Gasteiger partial charge is 0.378 e. The van der Waals surface area contributed by atoms with Crippen molar-refractivity contribution in [3.05, 3.63) is 59.9 Å². The molecule has 0 fully saturated rings. The van der Waals surface area contributed by atoms with Crippen LogP contribution in [0.3, 0.4) is 0 Å². The van der Waals surface area contributed by atoms with Crippen LogP contribution >= 0.6 is 11.8 Å². The van der Waals surface area contributed by atoms with Crippen molar-refractivity contribution in [2.75, 3.05) is 44.9 Å². The Labute approximate surface area is 160 Å². The number of anilines is 1. The molecule has 0 radical (unpaired) electrons. The lowest BCUT2D eigenvalue weighted by molar-refractivity contribution is -0.692. The van der Waals surface area contributed by atoms with Crippen LogP contribution < -0.4 is 9.47 Å². The van der Waals surface area contributed by atoms with Gasteiger partial charge in [-0.15, -0.1) is 0 Å². The van der Waals surface area contributed by atoms with E-state index in [0.717, 1.165) is 25.4 Å². The zero-order valence-corrected chi connectivity index (χ0v) is 16.6. The van der Waals surface area contributed by atoms with Gasteiger partial charge in [-0.1, -0.05) is 36.0 Å². The van der Waals surface area contributed by atoms with E-state index in [9.17, 15) is 0 Å². The lowest BCUT2D eigenvalue weighted by Gasteiger charge is -2.11. The number of benzene rings is 1. The Balaban J connectivity index is 1.50. The highest BCUT2D eigenvalue weighted by molar-refractivity contribution is 8.13. The molecule has 26 heavy (non-hydrogen) atoms. The number of aliphatic imine (C=N–C) groups is 1. The summed E-state index contributed by atoms with van der Waals surface area (Å²) in [5, 5.41) is 1.17. The van der Waals surface area contributed by atoms with Gasteiger partial charge in [-0.2, -0.15) is 0 Å². The van der Waals surface area contributed by atoms with Gasteiger partial charge >= 0.3 is 0 Å². The molecule has 1 aromatic carbocycles. The van der Waals surface area contributed by atoms with E-state index in [1.165, 1.54) is 22.0 Å². The van der Waals surface area contributed by atoms with E-state index in [-0.39, 0.29) is 0 Å². The summed E-state index contributed by atoms with van der Waals surface area (Å²) in [5.74, 6) is 1.04. The Bertz CT molecular complexity index is 764. The van der Waals surface area contributed by atoms with Crippen LogP contribution in [0.5, 0.6) is 0 Å². The van der Waals surface area contributed by atoms with Crippen LogP contribution in [0.25, 0.3) is 12.2 Å². The molecular formula is C21H27N4S+. The maximum atomic E-state index is 4.51. The van der Waals surface area contributed by atoms with E-state index in [0.29, 0.717) is 0 Å². The number of likely N-dealkylation sites (N-methyl/N-ethyl adjacent to an activating group) is 1. The van der Waals surface area contributed by atoms with Gasteiger partial charge in [0.1, 0.15) is 0 Å². The average Bonchev–Trinajstić information content (AvgIpc) is 3.06. The van der Waals surface area contributed by atoms with Crippen LogP contribution in [0.4, 0.5) is 5.69 Å². The minimum Gasteiger partial charge on any atom is -0.378 e. The highest BCUT2D eigenvalue weighted by Gasteiger charge is 2.13. The van der Waals surface area contributed by atoms with Crippen LogP contribution in [-0.2, 0) is 6.54 Å². The Morgan fingerprint density at radius 2 is 1.73 bits per heavy atom. The van der Waals surface area contributed by atoms with Gasteiger partial charge < -0.3 is 9.80 Å². The Morgan fingerprint density at radius 1 is 1.08 bits per heavy atom. The van der Waals surface area contributed by atoms with E-state index in [1.54, 1.807) is 0 Å². The molecule has 1 aromatic heterocycles. The highest BCUT2D eigenvalue weighted by Crippen LogP contribution is 2.14. The monoisotopic (exact) mass is 367 g/mol. The van der Waals surface area contributed by atoms with Gasteiger partial charge in [-0.25, -0.2) is 4.57 Å². The first-order valence-electron chi connectivity index (χ1n) is 8.95. The molecule has 0 bridgehead atoms. The van der Waals surface area contributed by atoms with E-state index in [1.807, 2.05) is 11.8 Å². The molecule has 0 N–H and O–H groups in total. The molecule has 0 spiro atoms. The van der Waals surface area contributed by atoms with Crippen molar-refractivity contribution in [1.29, 1.82) is 0 Å². The summed E-state index contributed by atoms with van der Waals surface area (Å²) in [6.45, 7) is 2.98. The molecule has 136 valence electrons. The molecule has 0 aliphatic carbocycles. The SMILES string of the molecule is CN1CCN=C1SCC[n+]1ccc(/C=C/c2ccc(N(C)C)cc2)cc1. The van der Waals surface area contributed by atoms with Crippen molar-refractivity contribution >= 4 is 34.8 Å². The fourth-order valence-electron chi connectivity index (χ4n) is 2.72. The first-order valence-corrected chi connectivity index (χ1v) is 9.93. The summed E-state index contributed by atoms with van der Waals surface area (Å²) in [6.07, 6.45) is 8.61. The van der Waals surface area contributed by atoms with Crippen molar-refractivity contribution in [3.63, 3.8) is 0 Å². The van der Waals surface area contributed by atoms with Crippen molar-refractivity contribution in [2.45, 2.75) is 6.54 Å². The number of nitrogens with zero attached hydrogens (tertiary/aromatic N) is 4. The molecule has 2 heterocycles. The minimum absolute atomic E-state index is 0.935. The second-order valence-electron chi connectivity index (χ2n) is 6.62. The van der Waals surface area contributed by atoms with Gasteiger partial charge in [0.25, 0.3) is 0 Å². The van der Waals surface area contributed by atoms with Gasteiger partial charge in [0, 0.05) is 45.5 Å². The second kappa shape index (κ2) is 8.90. The van der Waals surface area contributed by atoms with Crippen molar-refractivity contribution < 1.29 is 4.57 Å². The number of rotatable bonds is 6. The highest BCUT2D eigenvalue weighted by atomic mass is 32.2. The number of aromatic nitrogens is 1. The second-order valence-corrected chi connectivity index (χ2v) is 7.68. The minimum atomic E-state index is 0.935. The van der Waals surface area contributed by atoms with Gasteiger partial charge in [0.15, 0.2) is 24.1 Å². The maximum Gasteiger partial charge on any atom is 0.169 e. The standard InChI is InChI=1S/C21H27N4S/c1-23(2)20-8-6-18(7-9-20)4-5-19-10-13-25(14-11-19)16-17-26-21-22-12-15-24(21)3/h4-11,13-14H,12,15-17H2,1-3H3/q+1. The number of pyridine rings is 1. The van der Waals surface area contributed by atoms with Gasteiger partial charge in [0.2, 0.25) is 0 Å². The van der Waals surface area contributed by atoms with Crippen molar-refractivity contribution in [3.8, 4) is 0 Å². The third kappa shape index (κ3) is 5.11. The van der Waals surface area contributed by atoms with Crippen LogP contribution in [0.2, 0.25) is 0 Å².